The van der Waals surface area contributed by atoms with E-state index in [0.29, 0.717) is 15.6 Å². The van der Waals surface area contributed by atoms with E-state index in [2.05, 4.69) is 10.3 Å². The third kappa shape index (κ3) is 3.61. The smallest absolute Gasteiger partial charge is 0.255 e. The zero-order valence-electron chi connectivity index (χ0n) is 11.9. The van der Waals surface area contributed by atoms with Gasteiger partial charge in [-0.1, -0.05) is 48.8 Å². The molecule has 0 aliphatic rings. The molecule has 24 heavy (non-hydrogen) atoms. The highest BCUT2D eigenvalue weighted by Crippen LogP contribution is 2.27. The molecule has 0 spiro atoms. The number of halogens is 2. The van der Waals surface area contributed by atoms with Crippen molar-refractivity contribution >= 4 is 40.0 Å². The third-order valence-corrected chi connectivity index (χ3v) is 4.03. The number of fused-ring (bicyclic) bond motifs is 1. The summed E-state index contributed by atoms with van der Waals surface area (Å²) in [5, 5.41) is 14.7. The Bertz CT molecular complexity index is 897. The fourth-order valence-corrected chi connectivity index (χ4v) is 2.72. The molecule has 0 saturated carbocycles. The van der Waals surface area contributed by atoms with E-state index in [9.17, 15) is 9.90 Å². The Kier molecular flexibility index (Phi) is 5.65. The van der Waals surface area contributed by atoms with Gasteiger partial charge >= 0.3 is 0 Å². The summed E-state index contributed by atoms with van der Waals surface area (Å²) in [6, 6.07) is 12.0. The highest BCUT2D eigenvalue weighted by atomic mass is 35.5. The van der Waals surface area contributed by atoms with E-state index in [4.69, 9.17) is 23.2 Å². The molecule has 0 fully saturated rings. The number of nitrogens with one attached hydrogen (secondary N) is 1. The third-order valence-electron chi connectivity index (χ3n) is 3.45. The standard InChI is InChI=1S/C17H12Cl2N2O2.CH4/c18-12-5-3-11(14(19)8-12)9-21-17(23)13-6-4-10-2-1-7-20-15(10)16(13)22;/h1-8,22H,9H2,(H,21,23);1H4. The van der Waals surface area contributed by atoms with Crippen LogP contribution in [0.2, 0.25) is 10.0 Å². The number of phenolic OH excluding ortho intramolecular Hbond substituents is 1. The zero-order chi connectivity index (χ0) is 16.4. The highest BCUT2D eigenvalue weighted by Gasteiger charge is 2.14. The summed E-state index contributed by atoms with van der Waals surface area (Å²) in [5.41, 5.74) is 1.30. The van der Waals surface area contributed by atoms with Crippen LogP contribution in [-0.2, 0) is 6.54 Å². The van der Waals surface area contributed by atoms with Crippen LogP contribution in [0.1, 0.15) is 23.3 Å². The molecule has 124 valence electrons. The topological polar surface area (TPSA) is 62.2 Å². The number of aromatic hydroxyl groups is 1. The molecule has 3 rings (SSSR count). The molecule has 3 aromatic rings. The number of benzene rings is 2. The molecule has 0 aliphatic heterocycles. The van der Waals surface area contributed by atoms with Gasteiger partial charge in [0.15, 0.2) is 5.75 Å². The van der Waals surface area contributed by atoms with Crippen molar-refractivity contribution in [3.05, 3.63) is 69.8 Å². The maximum atomic E-state index is 12.3. The molecule has 2 N–H and O–H groups in total. The monoisotopic (exact) mass is 362 g/mol. The van der Waals surface area contributed by atoms with E-state index in [1.807, 2.05) is 6.07 Å². The van der Waals surface area contributed by atoms with E-state index in [1.54, 1.807) is 42.6 Å². The van der Waals surface area contributed by atoms with E-state index >= 15 is 0 Å². The summed E-state index contributed by atoms with van der Waals surface area (Å²) < 4.78 is 0. The van der Waals surface area contributed by atoms with E-state index < -0.39 is 5.91 Å². The number of phenols is 1. The Hall–Kier alpha value is -2.30. The van der Waals surface area contributed by atoms with Crippen molar-refractivity contribution in [2.45, 2.75) is 14.0 Å². The van der Waals surface area contributed by atoms with E-state index in [1.165, 1.54) is 0 Å². The lowest BCUT2D eigenvalue weighted by Crippen LogP contribution is -2.23. The molecule has 4 nitrogen and oxygen atoms in total. The van der Waals surface area contributed by atoms with E-state index in [0.717, 1.165) is 10.9 Å². The molecule has 2 aromatic carbocycles. The van der Waals surface area contributed by atoms with Gasteiger partial charge in [-0.05, 0) is 29.8 Å². The fraction of sp³-hybridized carbons (Fsp3) is 0.111. The Morgan fingerprint density at radius 2 is 1.96 bits per heavy atom. The normalized spacial score (nSPS) is 10.2. The van der Waals surface area contributed by atoms with Crippen LogP contribution in [0.3, 0.4) is 0 Å². The van der Waals surface area contributed by atoms with Gasteiger partial charge in [-0.25, -0.2) is 0 Å². The first-order valence-electron chi connectivity index (χ1n) is 6.85. The van der Waals surface area contributed by atoms with Gasteiger partial charge in [-0.2, -0.15) is 0 Å². The highest BCUT2D eigenvalue weighted by molar-refractivity contribution is 6.35. The number of amides is 1. The van der Waals surface area contributed by atoms with E-state index in [-0.39, 0.29) is 25.3 Å². The first-order chi connectivity index (χ1) is 11.1. The Balaban J connectivity index is 0.00000208. The molecule has 0 aliphatic carbocycles. The number of aromatic nitrogens is 1. The van der Waals surface area contributed by atoms with Crippen molar-refractivity contribution < 1.29 is 9.90 Å². The van der Waals surface area contributed by atoms with Gasteiger partial charge in [0.05, 0.1) is 5.56 Å². The van der Waals surface area contributed by atoms with Gasteiger partial charge in [0.1, 0.15) is 5.52 Å². The average Bonchev–Trinajstić information content (AvgIpc) is 2.54. The SMILES string of the molecule is C.O=C(NCc1ccc(Cl)cc1Cl)c1ccc2cccnc2c1O. The predicted molar refractivity (Wildman–Crippen MR) is 97.8 cm³/mol. The Morgan fingerprint density at radius 3 is 2.71 bits per heavy atom. The second-order valence-electron chi connectivity index (χ2n) is 4.96. The summed E-state index contributed by atoms with van der Waals surface area (Å²) in [4.78, 5) is 16.4. The zero-order valence-corrected chi connectivity index (χ0v) is 13.4. The lowest BCUT2D eigenvalue weighted by molar-refractivity contribution is 0.0948. The molecule has 0 atom stereocenters. The first-order valence-corrected chi connectivity index (χ1v) is 7.60. The van der Waals surface area contributed by atoms with Gasteiger partial charge in [0.2, 0.25) is 0 Å². The molecule has 0 unspecified atom stereocenters. The number of rotatable bonds is 3. The number of carbonyl (C=O) groups excluding carboxylic acids is 1. The Morgan fingerprint density at radius 1 is 1.17 bits per heavy atom. The Labute approximate surface area is 150 Å². The summed E-state index contributed by atoms with van der Waals surface area (Å²) in [7, 11) is 0. The van der Waals surface area contributed by atoms with Crippen LogP contribution in [0.15, 0.2) is 48.7 Å². The quantitative estimate of drug-likeness (QED) is 0.702. The summed E-state index contributed by atoms with van der Waals surface area (Å²) in [6.07, 6.45) is 1.57. The molecule has 0 radical (unpaired) electrons. The van der Waals surface area contributed by atoms with Gasteiger partial charge < -0.3 is 10.4 Å². The van der Waals surface area contributed by atoms with Crippen molar-refractivity contribution in [2.75, 3.05) is 0 Å². The van der Waals surface area contributed by atoms with Crippen LogP contribution in [0.5, 0.6) is 5.75 Å². The second-order valence-corrected chi connectivity index (χ2v) is 5.80. The van der Waals surface area contributed by atoms with Crippen LogP contribution in [0, 0.1) is 0 Å². The number of nitrogens with zero attached hydrogens (tertiary/aromatic N) is 1. The largest absolute Gasteiger partial charge is 0.505 e. The number of hydrogen-bond acceptors (Lipinski definition) is 3. The lowest BCUT2D eigenvalue weighted by Gasteiger charge is -2.09. The molecular weight excluding hydrogens is 347 g/mol. The van der Waals surface area contributed by atoms with Crippen molar-refractivity contribution in [1.29, 1.82) is 0 Å². The van der Waals surface area contributed by atoms with Crippen LogP contribution in [0.4, 0.5) is 0 Å². The summed E-state index contributed by atoms with van der Waals surface area (Å²) in [5.74, 6) is -0.538. The van der Waals surface area contributed by atoms with Crippen LogP contribution in [0.25, 0.3) is 10.9 Å². The van der Waals surface area contributed by atoms with Gasteiger partial charge in [-0.15, -0.1) is 0 Å². The maximum Gasteiger partial charge on any atom is 0.255 e. The minimum atomic E-state index is -0.402. The van der Waals surface area contributed by atoms with Crippen molar-refractivity contribution in [3.8, 4) is 5.75 Å². The molecule has 1 aromatic heterocycles. The predicted octanol–water partition coefficient (Wildman–Crippen LogP) is 4.81. The van der Waals surface area contributed by atoms with Gasteiger partial charge in [0.25, 0.3) is 5.91 Å². The van der Waals surface area contributed by atoms with Crippen LogP contribution in [-0.4, -0.2) is 16.0 Å². The molecule has 0 saturated heterocycles. The number of carbonyl (C=O) groups is 1. The molecule has 0 bridgehead atoms. The minimum absolute atomic E-state index is 0. The first kappa shape index (κ1) is 18.0. The van der Waals surface area contributed by atoms with Crippen LogP contribution >= 0.6 is 23.2 Å². The maximum absolute atomic E-state index is 12.3. The lowest BCUT2D eigenvalue weighted by atomic mass is 10.1. The number of pyridine rings is 1. The second kappa shape index (κ2) is 7.51. The van der Waals surface area contributed by atoms with Crippen molar-refractivity contribution in [1.82, 2.24) is 10.3 Å². The molecule has 1 heterocycles. The molecule has 6 heteroatoms. The summed E-state index contributed by atoms with van der Waals surface area (Å²) >= 11 is 11.9. The van der Waals surface area contributed by atoms with Gasteiger partial charge in [0, 0.05) is 28.2 Å². The van der Waals surface area contributed by atoms with Crippen molar-refractivity contribution in [2.24, 2.45) is 0 Å². The fourth-order valence-electron chi connectivity index (χ4n) is 2.25. The average molecular weight is 363 g/mol. The van der Waals surface area contributed by atoms with Crippen LogP contribution < -0.4 is 5.32 Å². The summed E-state index contributed by atoms with van der Waals surface area (Å²) in [6.45, 7) is 0.231. The molecule has 1 amide bonds. The number of hydrogen-bond donors (Lipinski definition) is 2. The minimum Gasteiger partial charge on any atom is -0.505 e. The van der Waals surface area contributed by atoms with Crippen molar-refractivity contribution in [3.63, 3.8) is 0 Å². The molecular formula is C18H16Cl2N2O2. The van der Waals surface area contributed by atoms with Gasteiger partial charge in [-0.3, -0.25) is 9.78 Å².